The highest BCUT2D eigenvalue weighted by molar-refractivity contribution is 7.11. The van der Waals surface area contributed by atoms with Crippen LogP contribution in [-0.2, 0) is 19.4 Å². The maximum atomic E-state index is 12.2. The zero-order chi connectivity index (χ0) is 22.2. The Morgan fingerprint density at radius 3 is 2.58 bits per heavy atom. The van der Waals surface area contributed by atoms with Crippen LogP contribution >= 0.6 is 11.3 Å². The van der Waals surface area contributed by atoms with Crippen molar-refractivity contribution in [3.8, 4) is 5.75 Å². The van der Waals surface area contributed by atoms with Gasteiger partial charge in [-0.25, -0.2) is 9.97 Å². The van der Waals surface area contributed by atoms with Crippen LogP contribution in [-0.4, -0.2) is 28.3 Å². The summed E-state index contributed by atoms with van der Waals surface area (Å²) in [7, 11) is 0. The molecule has 1 N–H and O–H groups in total. The molecule has 2 aromatic heterocycles. The fourth-order valence-electron chi connectivity index (χ4n) is 3.11. The maximum absolute atomic E-state index is 12.2. The van der Waals surface area contributed by atoms with Gasteiger partial charge in [0.1, 0.15) is 23.5 Å². The van der Waals surface area contributed by atoms with Crippen LogP contribution in [0.15, 0.2) is 42.7 Å². The number of nitrogens with zero attached hydrogens (tertiary/aromatic N) is 2. The van der Waals surface area contributed by atoms with E-state index in [4.69, 9.17) is 4.74 Å². The minimum atomic E-state index is -0.325. The Bertz CT molecular complexity index is 1060. The van der Waals surface area contributed by atoms with Crippen LogP contribution in [0.5, 0.6) is 5.75 Å². The number of Topliss-reactive ketones (excluding diaryl/α,β-unsaturated/α-hetero) is 1. The van der Waals surface area contributed by atoms with Gasteiger partial charge < -0.3 is 10.1 Å². The molecule has 1 aliphatic rings. The van der Waals surface area contributed by atoms with Crippen LogP contribution in [0.25, 0.3) is 0 Å². The first kappa shape index (κ1) is 22.6. The zero-order valence-electron chi connectivity index (χ0n) is 18.1. The number of ketones is 1. The van der Waals surface area contributed by atoms with Gasteiger partial charge >= 0.3 is 0 Å². The van der Waals surface area contributed by atoms with Crippen molar-refractivity contribution < 1.29 is 14.3 Å². The molecule has 0 saturated carbocycles. The molecule has 0 aliphatic carbocycles. The van der Waals surface area contributed by atoms with Crippen molar-refractivity contribution in [2.75, 3.05) is 6.61 Å². The van der Waals surface area contributed by atoms with E-state index in [1.807, 2.05) is 29.5 Å². The number of carbonyl (C=O) groups is 2. The van der Waals surface area contributed by atoms with Gasteiger partial charge in [0.25, 0.3) is 5.91 Å². The number of carbonyl (C=O) groups excluding carboxylic acids is 2. The normalized spacial score (nSPS) is 11.7. The van der Waals surface area contributed by atoms with E-state index in [0.717, 1.165) is 23.3 Å². The lowest BCUT2D eigenvalue weighted by atomic mass is 10.1. The largest absolute Gasteiger partial charge is 0.493 e. The number of hydrogen-bond acceptors (Lipinski definition) is 6. The Hall–Kier alpha value is -3.06. The molecule has 4 rings (SSSR count). The van der Waals surface area contributed by atoms with E-state index in [9.17, 15) is 9.59 Å². The van der Waals surface area contributed by atoms with E-state index in [1.54, 1.807) is 6.92 Å². The van der Waals surface area contributed by atoms with Crippen LogP contribution in [0.3, 0.4) is 0 Å². The molecular formula is C24H27N3O3S. The van der Waals surface area contributed by atoms with Crippen LogP contribution in [0.1, 0.15) is 62.1 Å². The molecule has 3 heterocycles. The zero-order valence-corrected chi connectivity index (χ0v) is 18.9. The average Bonchev–Trinajstić information content (AvgIpc) is 3.45. The van der Waals surface area contributed by atoms with Crippen molar-refractivity contribution >= 4 is 23.0 Å². The number of thiophene rings is 1. The Labute approximate surface area is 186 Å². The lowest BCUT2D eigenvalue weighted by Gasteiger charge is -2.07. The van der Waals surface area contributed by atoms with Gasteiger partial charge in [0.05, 0.1) is 6.61 Å². The first-order chi connectivity index (χ1) is 15.0. The monoisotopic (exact) mass is 437 g/mol. The summed E-state index contributed by atoms with van der Waals surface area (Å²) in [4.78, 5) is 34.6. The molecule has 1 aromatic carbocycles. The summed E-state index contributed by atoms with van der Waals surface area (Å²) in [6.45, 7) is 7.18. The Balaban J connectivity index is 0.000000287. The molecule has 0 fully saturated rings. The standard InChI is InChI=1S/C17H17N3O3.C7H10S/c1-2-15(21)13-8-14(20-10-19-13)17(22)18-9-11-3-4-16-12(7-11)5-6-23-16;1-3-7-5-4-6(2)8-7/h3-4,7-8,10H,2,5-6,9H2,1H3,(H,18,22);4-5H,3H2,1-2H3. The fraction of sp³-hybridized carbons (Fsp3) is 0.333. The predicted molar refractivity (Wildman–Crippen MR) is 122 cm³/mol. The first-order valence-electron chi connectivity index (χ1n) is 10.4. The highest BCUT2D eigenvalue weighted by Crippen LogP contribution is 2.25. The summed E-state index contributed by atoms with van der Waals surface area (Å²) in [6.07, 6.45) is 3.66. The molecular weight excluding hydrogens is 410 g/mol. The molecule has 1 aliphatic heterocycles. The number of benzene rings is 1. The second kappa shape index (κ2) is 10.8. The third-order valence-electron chi connectivity index (χ3n) is 4.86. The number of aromatic nitrogens is 2. The Morgan fingerprint density at radius 2 is 1.90 bits per heavy atom. The summed E-state index contributed by atoms with van der Waals surface area (Å²) >= 11 is 1.89. The maximum Gasteiger partial charge on any atom is 0.270 e. The van der Waals surface area contributed by atoms with E-state index in [1.165, 1.54) is 28.6 Å². The van der Waals surface area contributed by atoms with Crippen molar-refractivity contribution in [2.24, 2.45) is 0 Å². The van der Waals surface area contributed by atoms with Crippen molar-refractivity contribution in [2.45, 2.75) is 46.6 Å². The van der Waals surface area contributed by atoms with Gasteiger partial charge in [0, 0.05) is 29.1 Å². The van der Waals surface area contributed by atoms with Crippen LogP contribution < -0.4 is 10.1 Å². The smallest absolute Gasteiger partial charge is 0.270 e. The quantitative estimate of drug-likeness (QED) is 0.572. The van der Waals surface area contributed by atoms with E-state index < -0.39 is 0 Å². The summed E-state index contributed by atoms with van der Waals surface area (Å²) in [6, 6.07) is 11.7. The van der Waals surface area contributed by atoms with Gasteiger partial charge in [0.15, 0.2) is 5.78 Å². The molecule has 0 unspecified atom stereocenters. The number of hydrogen-bond donors (Lipinski definition) is 1. The van der Waals surface area contributed by atoms with Gasteiger partial charge in [-0.1, -0.05) is 26.0 Å². The van der Waals surface area contributed by atoms with Crippen molar-refractivity contribution in [3.05, 3.63) is 75.0 Å². The van der Waals surface area contributed by atoms with Gasteiger partial charge in [-0.3, -0.25) is 9.59 Å². The van der Waals surface area contributed by atoms with Crippen molar-refractivity contribution in [3.63, 3.8) is 0 Å². The lowest BCUT2D eigenvalue weighted by molar-refractivity contribution is 0.0945. The topological polar surface area (TPSA) is 81.2 Å². The van der Waals surface area contributed by atoms with E-state index >= 15 is 0 Å². The first-order valence-corrected chi connectivity index (χ1v) is 11.2. The summed E-state index contributed by atoms with van der Waals surface area (Å²) in [5.41, 5.74) is 2.62. The lowest BCUT2D eigenvalue weighted by Crippen LogP contribution is -2.24. The SMILES string of the molecule is CCC(=O)c1cc(C(=O)NCc2ccc3c(c2)CCO3)ncn1.CCc1ccc(C)s1. The van der Waals surface area contributed by atoms with Crippen LogP contribution in [0.2, 0.25) is 0 Å². The molecule has 162 valence electrons. The molecule has 31 heavy (non-hydrogen) atoms. The highest BCUT2D eigenvalue weighted by Gasteiger charge is 2.14. The molecule has 0 radical (unpaired) electrons. The van der Waals surface area contributed by atoms with Crippen molar-refractivity contribution in [1.82, 2.24) is 15.3 Å². The molecule has 0 spiro atoms. The Kier molecular flexibility index (Phi) is 7.89. The molecule has 1 amide bonds. The van der Waals surface area contributed by atoms with Gasteiger partial charge in [-0.2, -0.15) is 0 Å². The average molecular weight is 438 g/mol. The molecule has 0 atom stereocenters. The van der Waals surface area contributed by atoms with E-state index in [2.05, 4.69) is 41.3 Å². The minimum absolute atomic E-state index is 0.111. The highest BCUT2D eigenvalue weighted by atomic mass is 32.1. The fourth-order valence-corrected chi connectivity index (χ4v) is 3.94. The van der Waals surface area contributed by atoms with Crippen molar-refractivity contribution in [1.29, 1.82) is 0 Å². The van der Waals surface area contributed by atoms with Gasteiger partial charge in [-0.05, 0) is 48.7 Å². The van der Waals surface area contributed by atoms with Gasteiger partial charge in [-0.15, -0.1) is 11.3 Å². The second-order valence-corrected chi connectivity index (χ2v) is 8.53. The summed E-state index contributed by atoms with van der Waals surface area (Å²) in [5.74, 6) is 0.480. The number of nitrogens with one attached hydrogen (secondary N) is 1. The Morgan fingerprint density at radius 1 is 1.10 bits per heavy atom. The van der Waals surface area contributed by atoms with E-state index in [-0.39, 0.29) is 23.1 Å². The molecule has 7 heteroatoms. The number of ether oxygens (including phenoxy) is 1. The molecule has 3 aromatic rings. The number of fused-ring (bicyclic) bond motifs is 1. The minimum Gasteiger partial charge on any atom is -0.493 e. The number of rotatable bonds is 6. The molecule has 0 saturated heterocycles. The summed E-state index contributed by atoms with van der Waals surface area (Å²) in [5, 5.41) is 2.81. The van der Waals surface area contributed by atoms with Crippen LogP contribution in [0, 0.1) is 6.92 Å². The number of amides is 1. The summed E-state index contributed by atoms with van der Waals surface area (Å²) < 4.78 is 5.46. The predicted octanol–water partition coefficient (Wildman–Crippen LogP) is 4.55. The third kappa shape index (κ3) is 6.21. The van der Waals surface area contributed by atoms with Gasteiger partial charge in [0.2, 0.25) is 0 Å². The molecule has 6 nitrogen and oxygen atoms in total. The number of aryl methyl sites for hydroxylation is 2. The van der Waals surface area contributed by atoms with E-state index in [0.29, 0.717) is 19.6 Å². The second-order valence-electron chi connectivity index (χ2n) is 7.15. The molecule has 0 bridgehead atoms. The van der Waals surface area contributed by atoms with Crippen LogP contribution in [0.4, 0.5) is 0 Å². The third-order valence-corrected chi connectivity index (χ3v) is 6.00.